The van der Waals surface area contributed by atoms with Crippen LogP contribution in [0.2, 0.25) is 0 Å². The quantitative estimate of drug-likeness (QED) is 0.165. The van der Waals surface area contributed by atoms with Crippen LogP contribution in [0.3, 0.4) is 0 Å². The second-order valence-electron chi connectivity index (χ2n) is 12.8. The number of fused-ring (bicyclic) bond motifs is 3. The summed E-state index contributed by atoms with van der Waals surface area (Å²) in [5, 5.41) is -0.100. The van der Waals surface area contributed by atoms with Crippen LogP contribution in [0.1, 0.15) is 15.1 Å². The Morgan fingerprint density at radius 1 is 0.345 bits per heavy atom. The van der Waals surface area contributed by atoms with Crippen molar-refractivity contribution in [3.8, 4) is 73.2 Å². The molecule has 0 bridgehead atoms. The monoisotopic (exact) mass is 713 g/mol. The minimum Gasteiger partial charge on any atom is -0.309 e. The predicted octanol–water partition coefficient (Wildman–Crippen LogP) is 13.0. The summed E-state index contributed by atoms with van der Waals surface area (Å²) in [5.41, 5.74) is 6.09. The Balaban J connectivity index is 1.16. The first-order valence-electron chi connectivity index (χ1n) is 23.1. The van der Waals surface area contributed by atoms with E-state index in [1.54, 1.807) is 24.3 Å². The summed E-state index contributed by atoms with van der Waals surface area (Å²) in [6, 6.07) is 38.4. The van der Waals surface area contributed by atoms with Crippen molar-refractivity contribution in [3.63, 3.8) is 0 Å². The van der Waals surface area contributed by atoms with E-state index in [9.17, 15) is 2.74 Å². The van der Waals surface area contributed by atoms with E-state index < -0.39 is 54.4 Å². The van der Waals surface area contributed by atoms with E-state index in [2.05, 4.69) is 36.4 Å². The zero-order valence-corrected chi connectivity index (χ0v) is 29.1. The molecule has 8 aromatic carbocycles. The minimum absolute atomic E-state index is 0.000667. The lowest BCUT2D eigenvalue weighted by Gasteiger charge is -2.13. The smallest absolute Gasteiger partial charge is 0.164 e. The SMILES string of the molecule is [2H]c1cc2c(c([2H])c1-c1ccccc1-c1nc(-c3ccccc3)nc(-c3ccc(-c4ccc(-c5ccccc5)cc4)cc3)n1)c1c([2H])c([2H])c([2H])c([2H])c1n2-c1c([2H])c([2H])c([2H])c([2H])c1[2H]. The summed E-state index contributed by atoms with van der Waals surface area (Å²) in [4.78, 5) is 14.9. The molecule has 258 valence electrons. The zero-order chi connectivity index (χ0) is 46.1. The average Bonchev–Trinajstić information content (AvgIpc) is 3.69. The third-order valence-electron chi connectivity index (χ3n) is 9.53. The molecule has 10 rings (SSSR count). The van der Waals surface area contributed by atoms with Crippen molar-refractivity contribution in [2.45, 2.75) is 0 Å². The van der Waals surface area contributed by atoms with Crippen LogP contribution in [-0.2, 0) is 0 Å². The Labute approximate surface area is 335 Å². The first kappa shape index (κ1) is 22.6. The van der Waals surface area contributed by atoms with Crippen LogP contribution in [0.15, 0.2) is 206 Å². The van der Waals surface area contributed by atoms with Crippen molar-refractivity contribution >= 4 is 21.8 Å². The number of hydrogen-bond acceptors (Lipinski definition) is 3. The molecule has 0 spiro atoms. The second-order valence-corrected chi connectivity index (χ2v) is 12.8. The van der Waals surface area contributed by atoms with E-state index in [4.69, 9.17) is 27.3 Å². The first-order valence-corrected chi connectivity index (χ1v) is 17.6. The molecule has 0 unspecified atom stereocenters. The lowest BCUT2D eigenvalue weighted by molar-refractivity contribution is 1.07. The lowest BCUT2D eigenvalue weighted by atomic mass is 9.97. The van der Waals surface area contributed by atoms with Gasteiger partial charge >= 0.3 is 0 Å². The minimum atomic E-state index is -0.652. The highest BCUT2D eigenvalue weighted by molar-refractivity contribution is 6.10. The maximum absolute atomic E-state index is 9.82. The Bertz CT molecular complexity index is 3550. The van der Waals surface area contributed by atoms with Crippen molar-refractivity contribution < 1.29 is 15.1 Å². The molecular weight excluding hydrogens is 669 g/mol. The van der Waals surface area contributed by atoms with E-state index in [0.717, 1.165) is 37.9 Å². The van der Waals surface area contributed by atoms with E-state index in [0.29, 0.717) is 22.8 Å². The molecule has 4 heteroatoms. The van der Waals surface area contributed by atoms with Crippen LogP contribution in [0, 0.1) is 0 Å². The van der Waals surface area contributed by atoms with Crippen LogP contribution >= 0.6 is 0 Å². The summed E-state index contributed by atoms with van der Waals surface area (Å²) in [7, 11) is 0. The van der Waals surface area contributed by atoms with E-state index in [-0.39, 0.29) is 51.0 Å². The molecule has 2 aromatic heterocycles. The summed E-state index contributed by atoms with van der Waals surface area (Å²) in [6.07, 6.45) is 0. The Morgan fingerprint density at radius 2 is 0.836 bits per heavy atom. The van der Waals surface area contributed by atoms with Crippen LogP contribution in [-0.4, -0.2) is 19.5 Å². The summed E-state index contributed by atoms with van der Waals surface area (Å²) < 4.78 is 98.4. The van der Waals surface area contributed by atoms with Crippen LogP contribution < -0.4 is 0 Å². The molecule has 0 saturated carbocycles. The molecule has 0 atom stereocenters. The molecule has 55 heavy (non-hydrogen) atoms. The Hall–Kier alpha value is -7.43. The molecule has 0 fully saturated rings. The zero-order valence-electron chi connectivity index (χ0n) is 40.1. The highest BCUT2D eigenvalue weighted by atomic mass is 15.0. The van der Waals surface area contributed by atoms with Crippen LogP contribution in [0.25, 0.3) is 95.0 Å². The van der Waals surface area contributed by atoms with Gasteiger partial charge in [0.15, 0.2) is 17.5 Å². The van der Waals surface area contributed by atoms with Gasteiger partial charge in [-0.1, -0.05) is 176 Å². The van der Waals surface area contributed by atoms with Crippen molar-refractivity contribution in [1.29, 1.82) is 0 Å². The molecule has 0 aliphatic carbocycles. The molecular formula is C51H34N4. The number of rotatable bonds is 7. The van der Waals surface area contributed by atoms with Crippen LogP contribution in [0.4, 0.5) is 0 Å². The van der Waals surface area contributed by atoms with Crippen molar-refractivity contribution in [2.24, 2.45) is 0 Å². The fraction of sp³-hybridized carbons (Fsp3) is 0. The third kappa shape index (κ3) is 6.06. The molecule has 10 aromatic rings. The largest absolute Gasteiger partial charge is 0.309 e. The molecule has 2 heterocycles. The topological polar surface area (TPSA) is 43.6 Å². The van der Waals surface area contributed by atoms with Crippen LogP contribution in [0.5, 0.6) is 0 Å². The summed E-state index contributed by atoms with van der Waals surface area (Å²) >= 11 is 0. The van der Waals surface area contributed by atoms with Gasteiger partial charge in [-0.15, -0.1) is 0 Å². The van der Waals surface area contributed by atoms with E-state index in [1.165, 1.54) is 6.07 Å². The maximum atomic E-state index is 9.82. The van der Waals surface area contributed by atoms with E-state index in [1.807, 2.05) is 72.8 Å². The molecule has 0 aliphatic heterocycles. The first-order chi connectivity index (χ1) is 31.8. The normalized spacial score (nSPS) is 14.1. The lowest BCUT2D eigenvalue weighted by Crippen LogP contribution is -2.01. The molecule has 0 saturated heterocycles. The number of hydrogen-bond donors (Lipinski definition) is 0. The fourth-order valence-electron chi connectivity index (χ4n) is 6.85. The highest BCUT2D eigenvalue weighted by Gasteiger charge is 2.18. The van der Waals surface area contributed by atoms with Crippen molar-refractivity contribution in [3.05, 3.63) is 206 Å². The highest BCUT2D eigenvalue weighted by Crippen LogP contribution is 2.38. The molecule has 0 amide bonds. The third-order valence-corrected chi connectivity index (χ3v) is 9.53. The predicted molar refractivity (Wildman–Crippen MR) is 227 cm³/mol. The Morgan fingerprint density at radius 3 is 1.49 bits per heavy atom. The van der Waals surface area contributed by atoms with Gasteiger partial charge in [-0.05, 0) is 63.6 Å². The van der Waals surface area contributed by atoms with Gasteiger partial charge in [0.25, 0.3) is 0 Å². The number of para-hydroxylation sites is 2. The molecule has 0 radical (unpaired) electrons. The standard InChI is InChI=1S/C51H34N4/c1-4-14-35(15-5-1)36-24-26-37(27-25-36)38-28-30-40(31-29-38)50-52-49(39-16-6-2-7-17-39)53-51(54-50)45-22-11-10-20-43(45)41-32-33-48-46(34-41)44-21-12-13-23-47(44)55(48)42-18-8-3-9-19-42/h1-34H/i3D,8D,9D,12D,13D,18D,19D,21D,23D,32D,34D. The van der Waals surface area contributed by atoms with Gasteiger partial charge in [-0.3, -0.25) is 0 Å². The average molecular weight is 714 g/mol. The second kappa shape index (κ2) is 13.8. The molecule has 4 nitrogen and oxygen atoms in total. The molecule has 0 N–H and O–H groups in total. The van der Waals surface area contributed by atoms with Gasteiger partial charge in [0.1, 0.15) is 0 Å². The van der Waals surface area contributed by atoms with Gasteiger partial charge in [-0.25, -0.2) is 15.0 Å². The Kier molecular flexibility index (Phi) is 5.69. The maximum Gasteiger partial charge on any atom is 0.164 e. The van der Waals surface area contributed by atoms with Gasteiger partial charge in [0.05, 0.1) is 26.1 Å². The van der Waals surface area contributed by atoms with Gasteiger partial charge < -0.3 is 4.57 Å². The van der Waals surface area contributed by atoms with Crippen molar-refractivity contribution in [1.82, 2.24) is 19.5 Å². The number of aromatic nitrogens is 4. The number of nitrogens with zero attached hydrogens (tertiary/aromatic N) is 4. The van der Waals surface area contributed by atoms with Gasteiger partial charge in [-0.2, -0.15) is 0 Å². The van der Waals surface area contributed by atoms with Crippen molar-refractivity contribution in [2.75, 3.05) is 0 Å². The van der Waals surface area contributed by atoms with Gasteiger partial charge in [0.2, 0.25) is 0 Å². The van der Waals surface area contributed by atoms with Gasteiger partial charge in [0, 0.05) is 33.2 Å². The van der Waals surface area contributed by atoms with E-state index >= 15 is 0 Å². The molecule has 0 aliphatic rings. The summed E-state index contributed by atoms with van der Waals surface area (Å²) in [5.74, 6) is 1.01. The summed E-state index contributed by atoms with van der Waals surface area (Å²) in [6.45, 7) is 0. The number of benzene rings is 8. The fourth-order valence-corrected chi connectivity index (χ4v) is 6.85.